The number of rotatable bonds is 4. The number of hydrogen-bond donors (Lipinski definition) is 2. The van der Waals surface area contributed by atoms with E-state index in [9.17, 15) is 4.57 Å². The highest BCUT2D eigenvalue weighted by molar-refractivity contribution is 7.46. The van der Waals surface area contributed by atoms with Crippen LogP contribution in [-0.4, -0.2) is 40.4 Å². The normalized spacial score (nSPS) is 25.3. The fraction of sp³-hybridized carbons (Fsp3) is 1.00. The highest BCUT2D eigenvalue weighted by Crippen LogP contribution is 2.36. The van der Waals surface area contributed by atoms with E-state index >= 15 is 0 Å². The quantitative estimate of drug-likeness (QED) is 0.663. The number of hydrogen-bond acceptors (Lipinski definition) is 3. The van der Waals surface area contributed by atoms with Gasteiger partial charge in [-0.2, -0.15) is 0 Å². The maximum atomic E-state index is 10.4. The van der Waals surface area contributed by atoms with E-state index in [1.807, 2.05) is 6.92 Å². The van der Waals surface area contributed by atoms with Crippen LogP contribution in [0.5, 0.6) is 0 Å². The van der Waals surface area contributed by atoms with Crippen LogP contribution in [0.25, 0.3) is 0 Å². The minimum atomic E-state index is -4.28. The van der Waals surface area contributed by atoms with Gasteiger partial charge in [0.05, 0.1) is 6.61 Å². The van der Waals surface area contributed by atoms with Crippen molar-refractivity contribution in [3.8, 4) is 0 Å². The first kappa shape index (κ1) is 11.1. The number of phosphoric ester groups is 1. The first-order valence-electron chi connectivity index (χ1n) is 4.47. The summed E-state index contributed by atoms with van der Waals surface area (Å²) in [4.78, 5) is 19.2. The molecule has 0 aromatic heterocycles. The molecule has 0 radical (unpaired) electrons. The summed E-state index contributed by atoms with van der Waals surface area (Å²) in [6, 6.07) is 0.178. The zero-order valence-corrected chi connectivity index (χ0v) is 8.61. The van der Waals surface area contributed by atoms with Crippen LogP contribution in [0.2, 0.25) is 0 Å². The Morgan fingerprint density at radius 1 is 1.62 bits per heavy atom. The molecule has 0 aromatic rings. The third-order valence-corrected chi connectivity index (χ3v) is 2.83. The van der Waals surface area contributed by atoms with Crippen molar-refractivity contribution in [1.29, 1.82) is 0 Å². The van der Waals surface area contributed by atoms with Crippen molar-refractivity contribution in [2.75, 3.05) is 19.7 Å². The zero-order chi connectivity index (χ0) is 9.90. The van der Waals surface area contributed by atoms with E-state index in [0.29, 0.717) is 0 Å². The van der Waals surface area contributed by atoms with Gasteiger partial charge < -0.3 is 9.79 Å². The molecule has 1 unspecified atom stereocenters. The summed E-state index contributed by atoms with van der Waals surface area (Å²) in [6.07, 6.45) is 2.05. The molecule has 0 saturated carbocycles. The van der Waals surface area contributed by atoms with Gasteiger partial charge >= 0.3 is 7.82 Å². The van der Waals surface area contributed by atoms with E-state index in [1.165, 1.54) is 0 Å². The Morgan fingerprint density at radius 2 is 2.31 bits per heavy atom. The Kier molecular flexibility index (Phi) is 3.88. The molecule has 6 heteroatoms. The Labute approximate surface area is 77.9 Å². The molecule has 1 fully saturated rings. The standard InChI is InChI=1S/C7H16NO4P/c1-2-8-5-3-4-7(8)6-12-13(9,10)11/h7H,2-6H2,1H3,(H2,9,10,11). The lowest BCUT2D eigenvalue weighted by atomic mass is 10.2. The lowest BCUT2D eigenvalue weighted by molar-refractivity contribution is 0.137. The molecule has 1 rings (SSSR count). The maximum absolute atomic E-state index is 10.4. The topological polar surface area (TPSA) is 70.0 Å². The van der Waals surface area contributed by atoms with Crippen LogP contribution in [-0.2, 0) is 9.09 Å². The molecule has 5 nitrogen and oxygen atoms in total. The van der Waals surface area contributed by atoms with Crippen molar-refractivity contribution in [3.63, 3.8) is 0 Å². The third-order valence-electron chi connectivity index (χ3n) is 2.34. The van der Waals surface area contributed by atoms with Gasteiger partial charge in [0, 0.05) is 6.04 Å². The average Bonchev–Trinajstić information content (AvgIpc) is 2.46. The second kappa shape index (κ2) is 4.53. The Balaban J connectivity index is 2.32. The van der Waals surface area contributed by atoms with Gasteiger partial charge in [-0.1, -0.05) is 6.92 Å². The van der Waals surface area contributed by atoms with Crippen LogP contribution in [0.3, 0.4) is 0 Å². The first-order chi connectivity index (χ1) is 6.03. The van der Waals surface area contributed by atoms with E-state index in [0.717, 1.165) is 25.9 Å². The lowest BCUT2D eigenvalue weighted by Gasteiger charge is -2.22. The summed E-state index contributed by atoms with van der Waals surface area (Å²) in [6.45, 7) is 4.09. The maximum Gasteiger partial charge on any atom is 0.469 e. The van der Waals surface area contributed by atoms with Crippen molar-refractivity contribution < 1.29 is 18.9 Å². The molecule has 1 atom stereocenters. The zero-order valence-electron chi connectivity index (χ0n) is 7.72. The van der Waals surface area contributed by atoms with Crippen LogP contribution in [0.15, 0.2) is 0 Å². The van der Waals surface area contributed by atoms with E-state index in [4.69, 9.17) is 9.79 Å². The molecular formula is C7H16NO4P. The van der Waals surface area contributed by atoms with Crippen molar-refractivity contribution in [2.45, 2.75) is 25.8 Å². The Hall–Kier alpha value is 0.0700. The molecule has 1 aliphatic rings. The highest BCUT2D eigenvalue weighted by Gasteiger charge is 2.26. The molecule has 1 heterocycles. The van der Waals surface area contributed by atoms with Gasteiger partial charge in [0.1, 0.15) is 0 Å². The Bertz CT molecular complexity index is 205. The summed E-state index contributed by atoms with van der Waals surface area (Å²) >= 11 is 0. The molecule has 13 heavy (non-hydrogen) atoms. The molecule has 0 aromatic carbocycles. The van der Waals surface area contributed by atoms with Crippen LogP contribution >= 0.6 is 7.82 Å². The largest absolute Gasteiger partial charge is 0.469 e. The van der Waals surface area contributed by atoms with Gasteiger partial charge in [0.25, 0.3) is 0 Å². The van der Waals surface area contributed by atoms with Crippen LogP contribution in [0.4, 0.5) is 0 Å². The van der Waals surface area contributed by atoms with E-state index in [1.54, 1.807) is 0 Å². The summed E-state index contributed by atoms with van der Waals surface area (Å²) in [7, 11) is -4.28. The predicted octanol–water partition coefficient (Wildman–Crippen LogP) is 0.580. The van der Waals surface area contributed by atoms with Crippen molar-refractivity contribution >= 4 is 7.82 Å². The van der Waals surface area contributed by atoms with Gasteiger partial charge in [-0.3, -0.25) is 9.42 Å². The molecule has 1 saturated heterocycles. The van der Waals surface area contributed by atoms with Crippen molar-refractivity contribution in [1.82, 2.24) is 4.90 Å². The minimum Gasteiger partial charge on any atom is -0.303 e. The van der Waals surface area contributed by atoms with Crippen molar-refractivity contribution in [2.24, 2.45) is 0 Å². The number of likely N-dealkylation sites (N-methyl/N-ethyl adjacent to an activating group) is 1. The van der Waals surface area contributed by atoms with Gasteiger partial charge in [-0.15, -0.1) is 0 Å². The molecule has 78 valence electrons. The highest BCUT2D eigenvalue weighted by atomic mass is 31.2. The van der Waals surface area contributed by atoms with Crippen LogP contribution in [0.1, 0.15) is 19.8 Å². The monoisotopic (exact) mass is 209 g/mol. The van der Waals surface area contributed by atoms with Gasteiger partial charge in [-0.25, -0.2) is 4.57 Å². The average molecular weight is 209 g/mol. The molecule has 0 spiro atoms. The number of likely N-dealkylation sites (tertiary alicyclic amines) is 1. The summed E-state index contributed by atoms with van der Waals surface area (Å²) in [5.41, 5.74) is 0. The fourth-order valence-corrected chi connectivity index (χ4v) is 2.05. The van der Waals surface area contributed by atoms with E-state index in [2.05, 4.69) is 9.42 Å². The summed E-state index contributed by atoms with van der Waals surface area (Å²) in [5, 5.41) is 0. The minimum absolute atomic E-state index is 0.137. The van der Waals surface area contributed by atoms with Crippen molar-refractivity contribution in [3.05, 3.63) is 0 Å². The number of phosphoric acid groups is 1. The molecule has 2 N–H and O–H groups in total. The lowest BCUT2D eigenvalue weighted by Crippen LogP contribution is -2.32. The Morgan fingerprint density at radius 3 is 2.85 bits per heavy atom. The van der Waals surface area contributed by atoms with Gasteiger partial charge in [0.15, 0.2) is 0 Å². The van der Waals surface area contributed by atoms with Gasteiger partial charge in [0.2, 0.25) is 0 Å². The summed E-state index contributed by atoms with van der Waals surface area (Å²) < 4.78 is 14.9. The molecular weight excluding hydrogens is 193 g/mol. The van der Waals surface area contributed by atoms with E-state index in [-0.39, 0.29) is 12.6 Å². The predicted molar refractivity (Wildman–Crippen MR) is 48.3 cm³/mol. The molecule has 0 bridgehead atoms. The fourth-order valence-electron chi connectivity index (χ4n) is 1.68. The van der Waals surface area contributed by atoms with Crippen LogP contribution < -0.4 is 0 Å². The molecule has 0 aliphatic carbocycles. The van der Waals surface area contributed by atoms with Crippen LogP contribution in [0, 0.1) is 0 Å². The number of nitrogens with zero attached hydrogens (tertiary/aromatic N) is 1. The first-order valence-corrected chi connectivity index (χ1v) is 6.00. The second-order valence-electron chi connectivity index (χ2n) is 3.21. The molecule has 0 amide bonds. The second-order valence-corrected chi connectivity index (χ2v) is 4.45. The SMILES string of the molecule is CCN1CCCC1COP(=O)(O)O. The summed E-state index contributed by atoms with van der Waals surface area (Å²) in [5.74, 6) is 0. The van der Waals surface area contributed by atoms with E-state index < -0.39 is 7.82 Å². The smallest absolute Gasteiger partial charge is 0.303 e. The third kappa shape index (κ3) is 3.75. The molecule has 1 aliphatic heterocycles. The van der Waals surface area contributed by atoms with Gasteiger partial charge in [-0.05, 0) is 25.9 Å².